The topological polar surface area (TPSA) is 23.5 Å². The first kappa shape index (κ1) is 10.1. The van der Waals surface area contributed by atoms with Gasteiger partial charge in [0.25, 0.3) is 0 Å². The highest BCUT2D eigenvalue weighted by atomic mass is 31.0. The van der Waals surface area contributed by atoms with Crippen molar-refractivity contribution >= 4 is 9.39 Å². The molecule has 76 valence electrons. The van der Waals surface area contributed by atoms with E-state index < -0.39 is 5.60 Å². The Kier molecular flexibility index (Phi) is 2.87. The summed E-state index contributed by atoms with van der Waals surface area (Å²) >= 11 is 0. The molecular formula is C11H16NOP. The number of rotatable bonds is 1. The van der Waals surface area contributed by atoms with Gasteiger partial charge in [0, 0.05) is 13.1 Å². The average molecular weight is 209 g/mol. The first-order valence-electron chi connectivity index (χ1n) is 4.98. The van der Waals surface area contributed by atoms with Crippen LogP contribution in [0.3, 0.4) is 0 Å². The zero-order valence-electron chi connectivity index (χ0n) is 8.19. The van der Waals surface area contributed by atoms with Crippen LogP contribution in [0.25, 0.3) is 0 Å². The number of piperidine rings is 1. The summed E-state index contributed by atoms with van der Waals surface area (Å²) in [6.07, 6.45) is 1.64. The molecule has 1 fully saturated rings. The van der Waals surface area contributed by atoms with E-state index in [1.165, 1.54) is 0 Å². The van der Waals surface area contributed by atoms with E-state index in [9.17, 15) is 5.11 Å². The molecule has 0 amide bonds. The molecule has 1 aliphatic heterocycles. The third-order valence-corrected chi connectivity index (χ3v) is 3.45. The first-order valence-corrected chi connectivity index (χ1v) is 5.50. The fourth-order valence-electron chi connectivity index (χ4n) is 1.93. The number of benzene rings is 1. The lowest BCUT2D eigenvalue weighted by atomic mass is 9.85. The van der Waals surface area contributed by atoms with E-state index in [2.05, 4.69) is 14.1 Å². The molecule has 1 aliphatic rings. The second-order valence-electron chi connectivity index (χ2n) is 3.93. The van der Waals surface area contributed by atoms with Crippen molar-refractivity contribution in [2.75, 3.05) is 13.1 Å². The van der Waals surface area contributed by atoms with Crippen LogP contribution in [-0.4, -0.2) is 22.9 Å². The van der Waals surface area contributed by atoms with Crippen molar-refractivity contribution in [3.8, 4) is 0 Å². The van der Waals surface area contributed by atoms with Crippen molar-refractivity contribution in [3.05, 3.63) is 35.9 Å². The van der Waals surface area contributed by atoms with E-state index in [1.54, 1.807) is 0 Å². The maximum atomic E-state index is 10.4. The molecule has 0 saturated carbocycles. The molecule has 0 bridgehead atoms. The van der Waals surface area contributed by atoms with Gasteiger partial charge in [-0.05, 0) is 18.4 Å². The summed E-state index contributed by atoms with van der Waals surface area (Å²) in [5, 5.41) is 10.4. The average Bonchev–Trinajstić information content (AvgIpc) is 2.24. The molecule has 0 spiro atoms. The van der Waals surface area contributed by atoms with Crippen LogP contribution in [0, 0.1) is 0 Å². The van der Waals surface area contributed by atoms with Gasteiger partial charge in [0.05, 0.1) is 5.60 Å². The summed E-state index contributed by atoms with van der Waals surface area (Å²) in [6, 6.07) is 9.98. The second-order valence-corrected chi connectivity index (χ2v) is 4.66. The third kappa shape index (κ3) is 1.98. The minimum absolute atomic E-state index is 0.603. The quantitative estimate of drug-likeness (QED) is 0.712. The summed E-state index contributed by atoms with van der Waals surface area (Å²) in [7, 11) is 2.69. The van der Waals surface area contributed by atoms with E-state index in [-0.39, 0.29) is 0 Å². The van der Waals surface area contributed by atoms with Crippen molar-refractivity contribution in [1.82, 2.24) is 4.67 Å². The molecule has 0 aromatic heterocycles. The minimum Gasteiger partial charge on any atom is -0.385 e. The highest BCUT2D eigenvalue weighted by Gasteiger charge is 2.32. The molecule has 1 atom stereocenters. The highest BCUT2D eigenvalue weighted by Crippen LogP contribution is 2.33. The zero-order valence-corrected chi connectivity index (χ0v) is 9.34. The summed E-state index contributed by atoms with van der Waals surface area (Å²) in [6.45, 7) is 1.88. The summed E-state index contributed by atoms with van der Waals surface area (Å²) in [5.74, 6) is 0. The van der Waals surface area contributed by atoms with Gasteiger partial charge in [-0.25, -0.2) is 0 Å². The summed E-state index contributed by atoms with van der Waals surface area (Å²) in [5.41, 5.74) is 0.451. The Balaban J connectivity index is 2.17. The van der Waals surface area contributed by atoms with Gasteiger partial charge in [-0.15, -0.1) is 0 Å². The smallest absolute Gasteiger partial charge is 0.0921 e. The van der Waals surface area contributed by atoms with E-state index in [0.29, 0.717) is 0 Å². The third-order valence-electron chi connectivity index (χ3n) is 2.94. The molecule has 1 aromatic carbocycles. The van der Waals surface area contributed by atoms with Gasteiger partial charge in [-0.2, -0.15) is 0 Å². The molecular weight excluding hydrogens is 193 g/mol. The molecule has 1 saturated heterocycles. The lowest BCUT2D eigenvalue weighted by Gasteiger charge is -2.36. The van der Waals surface area contributed by atoms with E-state index in [4.69, 9.17) is 0 Å². The number of aliphatic hydroxyl groups is 1. The number of hydrogen-bond acceptors (Lipinski definition) is 2. The molecule has 0 radical (unpaired) electrons. The van der Waals surface area contributed by atoms with Gasteiger partial charge in [0.1, 0.15) is 0 Å². The number of nitrogens with zero attached hydrogens (tertiary/aromatic N) is 1. The van der Waals surface area contributed by atoms with Crippen molar-refractivity contribution in [2.45, 2.75) is 18.4 Å². The fourth-order valence-corrected chi connectivity index (χ4v) is 2.19. The molecule has 0 aliphatic carbocycles. The summed E-state index contributed by atoms with van der Waals surface area (Å²) in [4.78, 5) is 0. The highest BCUT2D eigenvalue weighted by molar-refractivity contribution is 7.13. The maximum absolute atomic E-state index is 10.4. The van der Waals surface area contributed by atoms with Crippen LogP contribution in [0.15, 0.2) is 30.3 Å². The predicted molar refractivity (Wildman–Crippen MR) is 60.9 cm³/mol. The lowest BCUT2D eigenvalue weighted by Crippen LogP contribution is -2.38. The Morgan fingerprint density at radius 3 is 2.29 bits per heavy atom. The molecule has 2 nitrogen and oxygen atoms in total. The molecule has 1 aromatic rings. The summed E-state index contributed by atoms with van der Waals surface area (Å²) < 4.78 is 2.18. The van der Waals surface area contributed by atoms with Crippen molar-refractivity contribution in [1.29, 1.82) is 0 Å². The van der Waals surface area contributed by atoms with Gasteiger partial charge < -0.3 is 5.11 Å². The van der Waals surface area contributed by atoms with E-state index in [0.717, 1.165) is 31.5 Å². The largest absolute Gasteiger partial charge is 0.385 e. The molecule has 1 N–H and O–H groups in total. The van der Waals surface area contributed by atoms with Gasteiger partial charge >= 0.3 is 0 Å². The Morgan fingerprint density at radius 2 is 1.71 bits per heavy atom. The van der Waals surface area contributed by atoms with E-state index in [1.807, 2.05) is 30.3 Å². The maximum Gasteiger partial charge on any atom is 0.0921 e. The van der Waals surface area contributed by atoms with Crippen LogP contribution < -0.4 is 0 Å². The Labute approximate surface area is 87.2 Å². The van der Waals surface area contributed by atoms with Crippen molar-refractivity contribution < 1.29 is 5.11 Å². The monoisotopic (exact) mass is 209 g/mol. The van der Waals surface area contributed by atoms with Crippen LogP contribution in [0.2, 0.25) is 0 Å². The lowest BCUT2D eigenvalue weighted by molar-refractivity contribution is -0.00824. The predicted octanol–water partition coefficient (Wildman–Crippen LogP) is 1.76. The Bertz CT molecular complexity index is 293. The van der Waals surface area contributed by atoms with Crippen LogP contribution in [-0.2, 0) is 5.60 Å². The van der Waals surface area contributed by atoms with Gasteiger partial charge in [0.2, 0.25) is 0 Å². The van der Waals surface area contributed by atoms with Crippen LogP contribution in [0.4, 0.5) is 0 Å². The number of hydrogen-bond donors (Lipinski definition) is 1. The Morgan fingerprint density at radius 1 is 1.14 bits per heavy atom. The SMILES string of the molecule is OC1(c2ccccc2)CCN(P)CC1. The zero-order chi connectivity index (χ0) is 10.0. The van der Waals surface area contributed by atoms with Gasteiger partial charge in [-0.3, -0.25) is 4.67 Å². The molecule has 14 heavy (non-hydrogen) atoms. The molecule has 1 unspecified atom stereocenters. The standard InChI is InChI=1S/C11H16NOP/c13-11(6-8-12(14)9-7-11)10-4-2-1-3-5-10/h1-5,13H,6-9,14H2. The van der Waals surface area contributed by atoms with Gasteiger partial charge in [0.15, 0.2) is 0 Å². The van der Waals surface area contributed by atoms with Crippen LogP contribution in [0.5, 0.6) is 0 Å². The molecule has 2 rings (SSSR count). The first-order chi connectivity index (χ1) is 6.71. The molecule has 1 heterocycles. The fraction of sp³-hybridized carbons (Fsp3) is 0.455. The van der Waals surface area contributed by atoms with Crippen LogP contribution in [0.1, 0.15) is 18.4 Å². The molecule has 3 heteroatoms. The van der Waals surface area contributed by atoms with Crippen LogP contribution >= 0.6 is 9.39 Å². The van der Waals surface area contributed by atoms with Crippen molar-refractivity contribution in [3.63, 3.8) is 0 Å². The normalized spacial score (nSPS) is 22.1. The minimum atomic E-state index is -0.603. The van der Waals surface area contributed by atoms with E-state index >= 15 is 0 Å². The van der Waals surface area contributed by atoms with Gasteiger partial charge in [-0.1, -0.05) is 39.7 Å². The van der Waals surface area contributed by atoms with Crippen molar-refractivity contribution in [2.24, 2.45) is 0 Å². The Hall–Kier alpha value is -0.430. The second kappa shape index (κ2) is 3.98.